The minimum absolute atomic E-state index is 0.0158. The molecule has 2 amide bonds. The Bertz CT molecular complexity index is 1410. The van der Waals surface area contributed by atoms with Gasteiger partial charge in [-0.15, -0.1) is 0 Å². The highest BCUT2D eigenvalue weighted by Crippen LogP contribution is 2.35. The van der Waals surface area contributed by atoms with E-state index < -0.39 is 12.0 Å². The van der Waals surface area contributed by atoms with Gasteiger partial charge in [-0.05, 0) is 40.5 Å². The Morgan fingerprint density at radius 1 is 0.976 bits per heavy atom. The molecule has 42 heavy (non-hydrogen) atoms. The average Bonchev–Trinajstić information content (AvgIpc) is 3.03. The summed E-state index contributed by atoms with van der Waals surface area (Å²) in [6, 6.07) is 15.1. The molecule has 2 aliphatic heterocycles. The molecule has 2 aromatic carbocycles. The maximum Gasteiger partial charge on any atom is 0.320 e. The maximum atomic E-state index is 13.9. The van der Waals surface area contributed by atoms with E-state index in [0.29, 0.717) is 69.4 Å². The van der Waals surface area contributed by atoms with Crippen molar-refractivity contribution in [1.29, 1.82) is 0 Å². The number of nitrogens with zero attached hydrogens (tertiary/aromatic N) is 5. The molecule has 2 saturated heterocycles. The van der Waals surface area contributed by atoms with Crippen LogP contribution in [0.25, 0.3) is 11.1 Å². The molecule has 1 unspecified atom stereocenters. The van der Waals surface area contributed by atoms with Crippen LogP contribution in [0.5, 0.6) is 0 Å². The summed E-state index contributed by atoms with van der Waals surface area (Å²) in [5, 5.41) is 21.8. The van der Waals surface area contributed by atoms with Crippen molar-refractivity contribution in [3.05, 3.63) is 88.2 Å². The van der Waals surface area contributed by atoms with E-state index in [1.54, 1.807) is 46.5 Å². The van der Waals surface area contributed by atoms with Crippen LogP contribution in [-0.2, 0) is 20.8 Å². The van der Waals surface area contributed by atoms with Crippen molar-refractivity contribution < 1.29 is 29.1 Å². The first-order valence-corrected chi connectivity index (χ1v) is 13.9. The van der Waals surface area contributed by atoms with Crippen molar-refractivity contribution in [3.8, 4) is 11.1 Å². The van der Waals surface area contributed by atoms with Gasteiger partial charge in [0.05, 0.1) is 43.8 Å². The van der Waals surface area contributed by atoms with Crippen molar-refractivity contribution in [2.24, 2.45) is 0 Å². The van der Waals surface area contributed by atoms with E-state index in [9.17, 15) is 24.8 Å². The van der Waals surface area contributed by atoms with Gasteiger partial charge in [-0.1, -0.05) is 30.3 Å². The van der Waals surface area contributed by atoms with Crippen LogP contribution in [0.1, 0.15) is 23.6 Å². The number of benzene rings is 2. The second kappa shape index (κ2) is 13.4. The number of hydrogen-bond donors (Lipinski definition) is 1. The molecule has 1 aromatic heterocycles. The lowest BCUT2D eigenvalue weighted by molar-refractivity contribution is -0.384. The number of amides is 2. The van der Waals surface area contributed by atoms with Gasteiger partial charge >= 0.3 is 12.0 Å². The molecule has 2 aliphatic rings. The van der Waals surface area contributed by atoms with E-state index in [-0.39, 0.29) is 29.6 Å². The number of carboxylic acid groups (broad SMARTS) is 1. The van der Waals surface area contributed by atoms with Gasteiger partial charge in [0.1, 0.15) is 5.69 Å². The number of ether oxygens (including phenoxy) is 2. The van der Waals surface area contributed by atoms with Crippen LogP contribution in [0.2, 0.25) is 0 Å². The summed E-state index contributed by atoms with van der Waals surface area (Å²) in [7, 11) is 0. The Morgan fingerprint density at radius 2 is 1.69 bits per heavy atom. The first-order chi connectivity index (χ1) is 20.4. The second-order valence-corrected chi connectivity index (χ2v) is 10.2. The van der Waals surface area contributed by atoms with Gasteiger partial charge in [0.2, 0.25) is 0 Å². The number of anilines is 1. The Labute approximate surface area is 243 Å². The number of nitro benzene ring substituents is 1. The summed E-state index contributed by atoms with van der Waals surface area (Å²) in [6.07, 6.45) is 2.89. The Kier molecular flexibility index (Phi) is 9.25. The molecule has 12 nitrogen and oxygen atoms in total. The number of aliphatic carboxylic acids is 1. The summed E-state index contributed by atoms with van der Waals surface area (Å²) < 4.78 is 10.8. The van der Waals surface area contributed by atoms with Crippen molar-refractivity contribution in [2.45, 2.75) is 19.0 Å². The molecule has 0 aliphatic carbocycles. The zero-order chi connectivity index (χ0) is 29.5. The van der Waals surface area contributed by atoms with Crippen LogP contribution in [-0.4, -0.2) is 89.4 Å². The lowest BCUT2D eigenvalue weighted by atomic mass is 9.99. The highest BCUT2D eigenvalue weighted by Gasteiger charge is 2.32. The predicted molar refractivity (Wildman–Crippen MR) is 154 cm³/mol. The summed E-state index contributed by atoms with van der Waals surface area (Å²) in [4.78, 5) is 46.8. The Morgan fingerprint density at radius 3 is 2.36 bits per heavy atom. The van der Waals surface area contributed by atoms with Gasteiger partial charge in [-0.3, -0.25) is 19.9 Å². The van der Waals surface area contributed by atoms with E-state index in [1.165, 1.54) is 0 Å². The third-order valence-electron chi connectivity index (χ3n) is 7.48. The number of aromatic nitrogens is 1. The number of morpholine rings is 2. The molecule has 3 aromatic rings. The van der Waals surface area contributed by atoms with Gasteiger partial charge in [0, 0.05) is 51.2 Å². The second-order valence-electron chi connectivity index (χ2n) is 10.2. The summed E-state index contributed by atoms with van der Waals surface area (Å²) in [5.41, 5.74) is 3.36. The SMILES string of the molecule is O=C(O)CC(c1cccnc1)N(Cc1cccc(-c2ccc(N3CCOCC3)c([N+](=O)[O-])c2)c1)C(=O)N1CCOCC1. The molecule has 0 bridgehead atoms. The standard InChI is InChI=1S/C30H33N5O7/c36-29(37)19-27(25-5-2-8-31-20-25)34(30(38)33-11-15-42-16-12-33)21-22-3-1-4-23(17-22)24-6-7-26(28(18-24)35(39)40)32-9-13-41-14-10-32/h1-8,17-18,20,27H,9-16,19,21H2,(H,36,37). The molecular weight excluding hydrogens is 542 g/mol. The fourth-order valence-electron chi connectivity index (χ4n) is 5.36. The van der Waals surface area contributed by atoms with Gasteiger partial charge < -0.3 is 29.3 Å². The molecule has 2 fully saturated rings. The monoisotopic (exact) mass is 575 g/mol. The molecule has 1 N–H and O–H groups in total. The van der Waals surface area contributed by atoms with Gasteiger partial charge in [0.25, 0.3) is 5.69 Å². The molecule has 5 rings (SSSR count). The fraction of sp³-hybridized carbons (Fsp3) is 0.367. The molecule has 3 heterocycles. The quantitative estimate of drug-likeness (QED) is 0.297. The van der Waals surface area contributed by atoms with Gasteiger partial charge in [-0.25, -0.2) is 4.79 Å². The van der Waals surface area contributed by atoms with Crippen LogP contribution >= 0.6 is 0 Å². The van der Waals surface area contributed by atoms with Gasteiger partial charge in [0.15, 0.2) is 0 Å². The van der Waals surface area contributed by atoms with E-state index >= 15 is 0 Å². The first-order valence-electron chi connectivity index (χ1n) is 13.9. The smallest absolute Gasteiger partial charge is 0.320 e. The minimum Gasteiger partial charge on any atom is -0.481 e. The van der Waals surface area contributed by atoms with Crippen molar-refractivity contribution >= 4 is 23.4 Å². The van der Waals surface area contributed by atoms with Crippen molar-refractivity contribution in [3.63, 3.8) is 0 Å². The van der Waals surface area contributed by atoms with Gasteiger partial charge in [-0.2, -0.15) is 0 Å². The Hall–Kier alpha value is -4.55. The average molecular weight is 576 g/mol. The number of nitro groups is 1. The van der Waals surface area contributed by atoms with Crippen LogP contribution in [0.4, 0.5) is 16.2 Å². The zero-order valence-electron chi connectivity index (χ0n) is 23.1. The molecule has 0 spiro atoms. The molecule has 220 valence electrons. The van der Waals surface area contributed by atoms with E-state index in [2.05, 4.69) is 4.98 Å². The number of pyridine rings is 1. The van der Waals surface area contributed by atoms with E-state index in [4.69, 9.17) is 9.47 Å². The normalized spacial score (nSPS) is 16.1. The Balaban J connectivity index is 1.48. The van der Waals surface area contributed by atoms with E-state index in [0.717, 1.165) is 11.1 Å². The molecule has 12 heteroatoms. The molecule has 0 saturated carbocycles. The molecule has 0 radical (unpaired) electrons. The lowest BCUT2D eigenvalue weighted by Crippen LogP contribution is -2.49. The van der Waals surface area contributed by atoms with Crippen LogP contribution in [0.3, 0.4) is 0 Å². The number of carboxylic acids is 1. The number of urea groups is 1. The third-order valence-corrected chi connectivity index (χ3v) is 7.48. The number of hydrogen-bond acceptors (Lipinski definition) is 8. The highest BCUT2D eigenvalue weighted by molar-refractivity contribution is 5.77. The topological polar surface area (TPSA) is 139 Å². The van der Waals surface area contributed by atoms with Crippen molar-refractivity contribution in [2.75, 3.05) is 57.5 Å². The first kappa shape index (κ1) is 29.0. The number of carbonyl (C=O) groups excluding carboxylic acids is 1. The summed E-state index contributed by atoms with van der Waals surface area (Å²) in [6.45, 7) is 3.95. The lowest BCUT2D eigenvalue weighted by Gasteiger charge is -2.37. The van der Waals surface area contributed by atoms with Crippen molar-refractivity contribution in [1.82, 2.24) is 14.8 Å². The van der Waals surface area contributed by atoms with Crippen LogP contribution in [0.15, 0.2) is 67.0 Å². The molecular formula is C30H33N5O7. The largest absolute Gasteiger partial charge is 0.481 e. The minimum atomic E-state index is -1.04. The van der Waals surface area contributed by atoms with Crippen LogP contribution in [0, 0.1) is 10.1 Å². The number of rotatable bonds is 9. The van der Waals surface area contributed by atoms with E-state index in [1.807, 2.05) is 35.2 Å². The third kappa shape index (κ3) is 6.84. The predicted octanol–water partition coefficient (Wildman–Crippen LogP) is 3.96. The summed E-state index contributed by atoms with van der Waals surface area (Å²) >= 11 is 0. The van der Waals surface area contributed by atoms with Crippen LogP contribution < -0.4 is 4.90 Å². The highest BCUT2D eigenvalue weighted by atomic mass is 16.6. The fourth-order valence-corrected chi connectivity index (χ4v) is 5.36. The maximum absolute atomic E-state index is 13.9. The number of carbonyl (C=O) groups is 2. The molecule has 1 atom stereocenters. The summed E-state index contributed by atoms with van der Waals surface area (Å²) in [5.74, 6) is -1.04. The zero-order valence-corrected chi connectivity index (χ0v) is 23.1.